The molecule has 1 aliphatic carbocycles. The first kappa shape index (κ1) is 13.4. The number of anilines is 1. The lowest BCUT2D eigenvalue weighted by Gasteiger charge is -2.25. The Labute approximate surface area is 122 Å². The zero-order valence-corrected chi connectivity index (χ0v) is 11.5. The van der Waals surface area contributed by atoms with E-state index >= 15 is 0 Å². The molecule has 3 N–H and O–H groups in total. The Morgan fingerprint density at radius 3 is 3.00 bits per heavy atom. The van der Waals surface area contributed by atoms with Crippen LogP contribution in [0.2, 0.25) is 0 Å². The van der Waals surface area contributed by atoms with E-state index in [0.717, 1.165) is 24.8 Å². The fourth-order valence-corrected chi connectivity index (χ4v) is 2.67. The van der Waals surface area contributed by atoms with E-state index in [1.54, 1.807) is 0 Å². The van der Waals surface area contributed by atoms with Gasteiger partial charge < -0.3 is 15.6 Å². The number of aromatic carboxylic acids is 1. The number of pyridine rings is 1. The van der Waals surface area contributed by atoms with Crippen molar-refractivity contribution in [2.75, 3.05) is 5.73 Å². The maximum atomic E-state index is 11.1. The van der Waals surface area contributed by atoms with Crippen molar-refractivity contribution in [2.24, 2.45) is 0 Å². The van der Waals surface area contributed by atoms with E-state index in [1.165, 1.54) is 17.8 Å². The van der Waals surface area contributed by atoms with Crippen LogP contribution >= 0.6 is 0 Å². The van der Waals surface area contributed by atoms with Gasteiger partial charge in [-0.3, -0.25) is 0 Å². The normalized spacial score (nSPS) is 17.0. The Balaban J connectivity index is 1.88. The lowest BCUT2D eigenvalue weighted by Crippen LogP contribution is -2.16. The van der Waals surface area contributed by atoms with Crippen molar-refractivity contribution in [2.45, 2.75) is 25.4 Å². The van der Waals surface area contributed by atoms with Gasteiger partial charge in [0.15, 0.2) is 0 Å². The molecular weight excluding hydrogens is 268 g/mol. The largest absolute Gasteiger partial charge is 0.478 e. The lowest BCUT2D eigenvalue weighted by atomic mass is 9.89. The summed E-state index contributed by atoms with van der Waals surface area (Å²) in [5.74, 6) is -0.785. The summed E-state index contributed by atoms with van der Waals surface area (Å²) in [6.45, 7) is 0. The number of carboxylic acid groups (broad SMARTS) is 1. The summed E-state index contributed by atoms with van der Waals surface area (Å²) >= 11 is 0. The summed E-state index contributed by atoms with van der Waals surface area (Å²) in [5.41, 5.74) is 8.19. The van der Waals surface area contributed by atoms with Gasteiger partial charge in [-0.05, 0) is 30.4 Å². The van der Waals surface area contributed by atoms with Gasteiger partial charge in [-0.15, -0.1) is 0 Å². The number of nitrogen functional groups attached to an aromatic ring is 1. The molecule has 0 bridgehead atoms. The lowest BCUT2D eigenvalue weighted by molar-refractivity contribution is 0.0696. The summed E-state index contributed by atoms with van der Waals surface area (Å²) in [6.07, 6.45) is 4.22. The fourth-order valence-electron chi connectivity index (χ4n) is 2.67. The third-order valence-corrected chi connectivity index (χ3v) is 3.72. The molecule has 0 radical (unpaired) electrons. The van der Waals surface area contributed by atoms with E-state index in [-0.39, 0.29) is 17.4 Å². The molecule has 3 rings (SSSR count). The standard InChI is InChI=1S/C16H16N2O3/c17-13-9-18-15(8-12(13)16(19)20)21-14-7-3-5-10-4-1-2-6-11(10)14/h1-2,4,6,8-9,14H,3,5,7,17H2,(H,19,20). The molecule has 2 aromatic rings. The van der Waals surface area contributed by atoms with Gasteiger partial charge in [0.1, 0.15) is 6.10 Å². The molecule has 0 saturated carbocycles. The number of aryl methyl sites for hydroxylation is 1. The highest BCUT2D eigenvalue weighted by atomic mass is 16.5. The van der Waals surface area contributed by atoms with Gasteiger partial charge in [-0.25, -0.2) is 9.78 Å². The Morgan fingerprint density at radius 2 is 2.19 bits per heavy atom. The molecule has 108 valence electrons. The van der Waals surface area contributed by atoms with Gasteiger partial charge in [0, 0.05) is 6.07 Å². The number of benzene rings is 1. The molecule has 1 unspecified atom stereocenters. The van der Waals surface area contributed by atoms with Crippen LogP contribution in [0.1, 0.15) is 40.4 Å². The number of hydrogen-bond donors (Lipinski definition) is 2. The maximum absolute atomic E-state index is 11.1. The van der Waals surface area contributed by atoms with Gasteiger partial charge in [-0.2, -0.15) is 0 Å². The van der Waals surface area contributed by atoms with Crippen LogP contribution in [0.4, 0.5) is 5.69 Å². The maximum Gasteiger partial charge on any atom is 0.338 e. The first-order chi connectivity index (χ1) is 10.1. The number of carbonyl (C=O) groups is 1. The Kier molecular flexibility index (Phi) is 3.48. The molecule has 5 heteroatoms. The van der Waals surface area contributed by atoms with Crippen molar-refractivity contribution in [3.8, 4) is 5.88 Å². The molecule has 1 atom stereocenters. The quantitative estimate of drug-likeness (QED) is 0.905. The number of fused-ring (bicyclic) bond motifs is 1. The van der Waals surface area contributed by atoms with Crippen molar-refractivity contribution < 1.29 is 14.6 Å². The number of rotatable bonds is 3. The topological polar surface area (TPSA) is 85.4 Å². The Morgan fingerprint density at radius 1 is 1.38 bits per heavy atom. The molecule has 1 aromatic carbocycles. The highest BCUT2D eigenvalue weighted by Crippen LogP contribution is 2.33. The smallest absolute Gasteiger partial charge is 0.338 e. The molecule has 0 amide bonds. The minimum atomic E-state index is -1.08. The minimum Gasteiger partial charge on any atom is -0.478 e. The van der Waals surface area contributed by atoms with E-state index in [2.05, 4.69) is 17.1 Å². The minimum absolute atomic E-state index is 0.0177. The molecule has 0 spiro atoms. The molecule has 1 aliphatic rings. The van der Waals surface area contributed by atoms with Crippen LogP contribution in [0.25, 0.3) is 0 Å². The first-order valence-corrected chi connectivity index (χ1v) is 6.88. The van der Waals surface area contributed by atoms with Gasteiger partial charge >= 0.3 is 5.97 Å². The van der Waals surface area contributed by atoms with E-state index in [1.807, 2.05) is 12.1 Å². The first-order valence-electron chi connectivity index (χ1n) is 6.88. The molecule has 0 saturated heterocycles. The Bertz CT molecular complexity index is 685. The molecule has 1 heterocycles. The average molecular weight is 284 g/mol. The zero-order chi connectivity index (χ0) is 14.8. The number of aromatic nitrogens is 1. The predicted molar refractivity (Wildman–Crippen MR) is 78.4 cm³/mol. The predicted octanol–water partition coefficient (Wildman–Crippen LogP) is 2.82. The van der Waals surface area contributed by atoms with Crippen LogP contribution in [0.3, 0.4) is 0 Å². The molecular formula is C16H16N2O3. The van der Waals surface area contributed by atoms with E-state index in [4.69, 9.17) is 15.6 Å². The average Bonchev–Trinajstić information content (AvgIpc) is 2.49. The van der Waals surface area contributed by atoms with Gasteiger partial charge in [0.05, 0.1) is 17.4 Å². The van der Waals surface area contributed by atoms with Crippen molar-refractivity contribution >= 4 is 11.7 Å². The summed E-state index contributed by atoms with van der Waals surface area (Å²) in [4.78, 5) is 15.2. The van der Waals surface area contributed by atoms with Crippen LogP contribution in [0, 0.1) is 0 Å². The van der Waals surface area contributed by atoms with E-state index in [9.17, 15) is 4.79 Å². The highest BCUT2D eigenvalue weighted by Gasteiger charge is 2.22. The van der Waals surface area contributed by atoms with Gasteiger partial charge in [0.2, 0.25) is 5.88 Å². The number of carboxylic acids is 1. The van der Waals surface area contributed by atoms with Crippen molar-refractivity contribution in [3.63, 3.8) is 0 Å². The van der Waals surface area contributed by atoms with Gasteiger partial charge in [-0.1, -0.05) is 24.3 Å². The molecule has 0 aliphatic heterocycles. The van der Waals surface area contributed by atoms with Crippen molar-refractivity contribution in [1.82, 2.24) is 4.98 Å². The molecule has 0 fully saturated rings. The van der Waals surface area contributed by atoms with Crippen LogP contribution in [-0.4, -0.2) is 16.1 Å². The second-order valence-electron chi connectivity index (χ2n) is 5.11. The van der Waals surface area contributed by atoms with Crippen molar-refractivity contribution in [1.29, 1.82) is 0 Å². The molecule has 5 nitrogen and oxygen atoms in total. The summed E-state index contributed by atoms with van der Waals surface area (Å²) in [5, 5.41) is 9.09. The zero-order valence-electron chi connectivity index (χ0n) is 11.5. The highest BCUT2D eigenvalue weighted by molar-refractivity contribution is 5.93. The summed E-state index contributed by atoms with van der Waals surface area (Å²) in [6, 6.07) is 9.54. The SMILES string of the molecule is Nc1cnc(OC2CCCc3ccccc32)cc1C(=O)O. The van der Waals surface area contributed by atoms with Crippen LogP contribution < -0.4 is 10.5 Å². The van der Waals surface area contributed by atoms with Gasteiger partial charge in [0.25, 0.3) is 0 Å². The fraction of sp³-hybridized carbons (Fsp3) is 0.250. The summed E-state index contributed by atoms with van der Waals surface area (Å²) < 4.78 is 5.90. The Hall–Kier alpha value is -2.56. The number of nitrogens with two attached hydrogens (primary N) is 1. The second-order valence-corrected chi connectivity index (χ2v) is 5.11. The van der Waals surface area contributed by atoms with E-state index < -0.39 is 5.97 Å². The molecule has 1 aromatic heterocycles. The van der Waals surface area contributed by atoms with Crippen LogP contribution in [0.15, 0.2) is 36.5 Å². The van der Waals surface area contributed by atoms with E-state index in [0.29, 0.717) is 5.88 Å². The number of hydrogen-bond acceptors (Lipinski definition) is 4. The summed E-state index contributed by atoms with van der Waals surface area (Å²) in [7, 11) is 0. The second kappa shape index (κ2) is 5.44. The third kappa shape index (κ3) is 2.67. The number of nitrogens with zero attached hydrogens (tertiary/aromatic N) is 1. The van der Waals surface area contributed by atoms with Crippen LogP contribution in [0.5, 0.6) is 5.88 Å². The third-order valence-electron chi connectivity index (χ3n) is 3.72. The van der Waals surface area contributed by atoms with Crippen LogP contribution in [-0.2, 0) is 6.42 Å². The monoisotopic (exact) mass is 284 g/mol. The number of ether oxygens (including phenoxy) is 1. The van der Waals surface area contributed by atoms with Crippen molar-refractivity contribution in [3.05, 3.63) is 53.2 Å². The molecule has 21 heavy (non-hydrogen) atoms.